The van der Waals surface area contributed by atoms with Crippen molar-refractivity contribution in [2.24, 2.45) is 11.8 Å². The van der Waals surface area contributed by atoms with E-state index in [2.05, 4.69) is 10.6 Å². The van der Waals surface area contributed by atoms with Crippen LogP contribution in [0.3, 0.4) is 0 Å². The van der Waals surface area contributed by atoms with Gasteiger partial charge in [-0.1, -0.05) is 48.5 Å². The standard InChI is InChI=1S/C25H25F3N2O5/c26-25(27,28)21(23(32)33)12-29-22(31)14-9-10-15(11-14)30-24(34)35-13-20-18-7-3-1-5-16(18)17-6-2-4-8-19(17)20/h1-8,14-15,20-21H,9-13H2,(H,29,31)(H,30,34)(H,32,33)/t14-,15+,21?/m0/s1. The Kier molecular flexibility index (Phi) is 7.00. The second kappa shape index (κ2) is 9.97. The predicted molar refractivity (Wildman–Crippen MR) is 120 cm³/mol. The van der Waals surface area contributed by atoms with Crippen molar-refractivity contribution in [2.45, 2.75) is 37.4 Å². The van der Waals surface area contributed by atoms with E-state index < -0.39 is 42.5 Å². The highest BCUT2D eigenvalue weighted by atomic mass is 19.4. The molecule has 3 atom stereocenters. The summed E-state index contributed by atoms with van der Waals surface area (Å²) in [5, 5.41) is 13.5. The molecule has 0 heterocycles. The van der Waals surface area contributed by atoms with Gasteiger partial charge in [0, 0.05) is 24.4 Å². The van der Waals surface area contributed by atoms with Crippen LogP contribution in [-0.2, 0) is 14.3 Å². The molecule has 0 saturated heterocycles. The van der Waals surface area contributed by atoms with Crippen molar-refractivity contribution in [3.05, 3.63) is 59.7 Å². The number of carbonyl (C=O) groups excluding carboxylic acids is 2. The number of carbonyl (C=O) groups is 3. The lowest BCUT2D eigenvalue weighted by Gasteiger charge is -2.18. The number of fused-ring (bicyclic) bond motifs is 3. The normalized spacial score (nSPS) is 20.0. The minimum atomic E-state index is -4.96. The molecule has 2 aromatic rings. The van der Waals surface area contributed by atoms with E-state index >= 15 is 0 Å². The summed E-state index contributed by atoms with van der Waals surface area (Å²) < 4.78 is 43.8. The molecule has 10 heteroatoms. The molecule has 2 aliphatic rings. The van der Waals surface area contributed by atoms with E-state index in [1.54, 1.807) is 0 Å². The molecule has 4 rings (SSSR count). The largest absolute Gasteiger partial charge is 0.481 e. The maximum absolute atomic E-state index is 12.8. The third-order valence-corrected chi connectivity index (χ3v) is 6.64. The Bertz CT molecular complexity index is 1070. The van der Waals surface area contributed by atoms with Gasteiger partial charge >= 0.3 is 18.2 Å². The maximum atomic E-state index is 12.8. The lowest BCUT2D eigenvalue weighted by molar-refractivity contribution is -0.192. The second-order valence-corrected chi connectivity index (χ2v) is 8.85. The van der Waals surface area contributed by atoms with Gasteiger partial charge in [0.25, 0.3) is 0 Å². The molecule has 2 aromatic carbocycles. The molecule has 0 radical (unpaired) electrons. The number of carboxylic acid groups (broad SMARTS) is 1. The van der Waals surface area contributed by atoms with Gasteiger partial charge in [-0.25, -0.2) is 4.79 Å². The number of aliphatic carboxylic acids is 1. The zero-order valence-electron chi connectivity index (χ0n) is 18.7. The van der Waals surface area contributed by atoms with E-state index in [4.69, 9.17) is 9.84 Å². The van der Waals surface area contributed by atoms with Crippen molar-refractivity contribution in [3.8, 4) is 11.1 Å². The lowest BCUT2D eigenvalue weighted by atomic mass is 9.98. The van der Waals surface area contributed by atoms with Gasteiger partial charge in [0.2, 0.25) is 5.91 Å². The number of nitrogens with one attached hydrogen (secondary N) is 2. The highest BCUT2D eigenvalue weighted by Crippen LogP contribution is 2.44. The van der Waals surface area contributed by atoms with Crippen LogP contribution in [0.5, 0.6) is 0 Å². The van der Waals surface area contributed by atoms with Gasteiger partial charge in [0.05, 0.1) is 0 Å². The highest BCUT2D eigenvalue weighted by Gasteiger charge is 2.45. The predicted octanol–water partition coefficient (Wildman–Crippen LogP) is 4.07. The fraction of sp³-hybridized carbons (Fsp3) is 0.400. The number of alkyl halides is 3. The summed E-state index contributed by atoms with van der Waals surface area (Å²) in [5.74, 6) is -6.07. The fourth-order valence-electron chi connectivity index (χ4n) is 4.85. The number of hydrogen-bond donors (Lipinski definition) is 3. The number of rotatable bonds is 7. The zero-order valence-corrected chi connectivity index (χ0v) is 18.7. The van der Waals surface area contributed by atoms with Gasteiger partial charge in [0.15, 0.2) is 5.92 Å². The monoisotopic (exact) mass is 490 g/mol. The number of alkyl carbamates (subject to hydrolysis) is 1. The van der Waals surface area contributed by atoms with Crippen LogP contribution in [0.2, 0.25) is 0 Å². The molecule has 35 heavy (non-hydrogen) atoms. The van der Waals surface area contributed by atoms with Crippen LogP contribution in [-0.4, -0.2) is 48.4 Å². The van der Waals surface area contributed by atoms with Gasteiger partial charge in [-0.3, -0.25) is 9.59 Å². The Morgan fingerprint density at radius 2 is 1.60 bits per heavy atom. The van der Waals surface area contributed by atoms with E-state index in [0.29, 0.717) is 12.8 Å². The SMILES string of the molecule is O=C(N[C@@H]1CC[C@H](C(=O)NCC(C(=O)O)C(F)(F)F)C1)OCC1c2ccccc2-c2ccccc21. The zero-order chi connectivity index (χ0) is 25.2. The number of amides is 2. The number of benzene rings is 2. The van der Waals surface area contributed by atoms with Crippen molar-refractivity contribution >= 4 is 18.0 Å². The number of halogens is 3. The first-order valence-electron chi connectivity index (χ1n) is 11.3. The molecule has 0 aliphatic heterocycles. The molecule has 1 unspecified atom stereocenters. The molecule has 7 nitrogen and oxygen atoms in total. The Hall–Kier alpha value is -3.56. The number of hydrogen-bond acceptors (Lipinski definition) is 4. The third kappa shape index (κ3) is 5.41. The van der Waals surface area contributed by atoms with E-state index in [1.807, 2.05) is 48.5 Å². The molecule has 0 aromatic heterocycles. The summed E-state index contributed by atoms with van der Waals surface area (Å²) in [7, 11) is 0. The fourth-order valence-corrected chi connectivity index (χ4v) is 4.85. The second-order valence-electron chi connectivity index (χ2n) is 8.85. The minimum Gasteiger partial charge on any atom is -0.481 e. The first-order chi connectivity index (χ1) is 16.6. The summed E-state index contributed by atoms with van der Waals surface area (Å²) in [5.41, 5.74) is 4.38. The Balaban J connectivity index is 1.27. The molecule has 2 aliphatic carbocycles. The quantitative estimate of drug-likeness (QED) is 0.543. The molecule has 0 spiro atoms. The maximum Gasteiger partial charge on any atom is 0.407 e. The van der Waals surface area contributed by atoms with Gasteiger partial charge in [-0.2, -0.15) is 13.2 Å². The minimum absolute atomic E-state index is 0.0916. The van der Waals surface area contributed by atoms with Gasteiger partial charge < -0.3 is 20.5 Å². The number of ether oxygens (including phenoxy) is 1. The molecule has 3 N–H and O–H groups in total. The van der Waals surface area contributed by atoms with Crippen LogP contribution in [0, 0.1) is 11.8 Å². The van der Waals surface area contributed by atoms with Crippen molar-refractivity contribution in [2.75, 3.05) is 13.2 Å². The van der Waals surface area contributed by atoms with Gasteiger partial charge in [0.1, 0.15) is 6.61 Å². The Morgan fingerprint density at radius 3 is 2.17 bits per heavy atom. The Morgan fingerprint density at radius 1 is 1.00 bits per heavy atom. The van der Waals surface area contributed by atoms with Crippen LogP contribution in [0.1, 0.15) is 36.3 Å². The van der Waals surface area contributed by atoms with Crippen LogP contribution >= 0.6 is 0 Å². The summed E-state index contributed by atoms with van der Waals surface area (Å²) >= 11 is 0. The third-order valence-electron chi connectivity index (χ3n) is 6.64. The van der Waals surface area contributed by atoms with Crippen molar-refractivity contribution < 1.29 is 37.4 Å². The van der Waals surface area contributed by atoms with E-state index in [-0.39, 0.29) is 25.0 Å². The average Bonchev–Trinajstić information content (AvgIpc) is 3.39. The topological polar surface area (TPSA) is 105 Å². The highest BCUT2D eigenvalue weighted by molar-refractivity contribution is 5.81. The first kappa shape index (κ1) is 24.6. The summed E-state index contributed by atoms with van der Waals surface area (Å²) in [6, 6.07) is 15.5. The van der Waals surface area contributed by atoms with Crippen molar-refractivity contribution in [1.29, 1.82) is 0 Å². The first-order valence-corrected chi connectivity index (χ1v) is 11.3. The van der Waals surface area contributed by atoms with Gasteiger partial charge in [-0.05, 0) is 41.5 Å². The molecular formula is C25H25F3N2O5. The average molecular weight is 490 g/mol. The van der Waals surface area contributed by atoms with Crippen LogP contribution in [0.15, 0.2) is 48.5 Å². The van der Waals surface area contributed by atoms with Gasteiger partial charge in [-0.15, -0.1) is 0 Å². The van der Waals surface area contributed by atoms with E-state index in [9.17, 15) is 27.6 Å². The van der Waals surface area contributed by atoms with Crippen LogP contribution < -0.4 is 10.6 Å². The van der Waals surface area contributed by atoms with Crippen molar-refractivity contribution in [1.82, 2.24) is 10.6 Å². The summed E-state index contributed by atoms with van der Waals surface area (Å²) in [6.07, 6.45) is -4.52. The molecule has 1 saturated carbocycles. The molecule has 0 bridgehead atoms. The van der Waals surface area contributed by atoms with Crippen molar-refractivity contribution in [3.63, 3.8) is 0 Å². The number of carboxylic acids is 1. The molecule has 1 fully saturated rings. The summed E-state index contributed by atoms with van der Waals surface area (Å²) in [6.45, 7) is -0.886. The van der Waals surface area contributed by atoms with E-state index in [0.717, 1.165) is 22.3 Å². The molecule has 186 valence electrons. The Labute approximate surface area is 199 Å². The molecular weight excluding hydrogens is 465 g/mol. The van der Waals surface area contributed by atoms with Crippen LogP contribution in [0.25, 0.3) is 11.1 Å². The lowest BCUT2D eigenvalue weighted by Crippen LogP contribution is -2.43. The van der Waals surface area contributed by atoms with Crippen LogP contribution in [0.4, 0.5) is 18.0 Å². The smallest absolute Gasteiger partial charge is 0.407 e. The molecule has 2 amide bonds. The summed E-state index contributed by atoms with van der Waals surface area (Å²) in [4.78, 5) is 35.5. The van der Waals surface area contributed by atoms with E-state index in [1.165, 1.54) is 0 Å².